The van der Waals surface area contributed by atoms with Gasteiger partial charge in [-0.1, -0.05) is 40.9 Å². The standard InChI is InChI=1S/C16H31N3O4Si/c1-9-11(20)13(12(21)10-2)23-24(8,22-7)15(5,6)14(3,4)16(17,18)19/h9-10,13H,1-2,17-19H2,3-8H3. The van der Waals surface area contributed by atoms with E-state index < -0.39 is 42.5 Å². The van der Waals surface area contributed by atoms with Crippen molar-refractivity contribution < 1.29 is 18.4 Å². The zero-order chi connectivity index (χ0) is 19.6. The fourth-order valence-electron chi connectivity index (χ4n) is 2.25. The summed E-state index contributed by atoms with van der Waals surface area (Å²) in [6.07, 6.45) is 0.705. The summed E-state index contributed by atoms with van der Waals surface area (Å²) in [5.74, 6) is -2.67. The van der Waals surface area contributed by atoms with Crippen LogP contribution in [0.3, 0.4) is 0 Å². The molecule has 0 radical (unpaired) electrons. The Morgan fingerprint density at radius 2 is 1.42 bits per heavy atom. The first kappa shape index (κ1) is 22.8. The number of carbonyl (C=O) groups is 2. The van der Waals surface area contributed by atoms with Gasteiger partial charge < -0.3 is 26.1 Å². The minimum absolute atomic E-state index is 0.566. The van der Waals surface area contributed by atoms with Gasteiger partial charge in [-0.05, 0) is 18.7 Å². The van der Waals surface area contributed by atoms with Gasteiger partial charge in [0.05, 0.1) is 0 Å². The SMILES string of the molecule is C=CC(=O)C(O[Si](C)(OC)C(C)(C)C(C)(C)C(N)(N)N)C(=O)C=C. The minimum atomic E-state index is -3.19. The van der Waals surface area contributed by atoms with Crippen LogP contribution in [0.15, 0.2) is 25.3 Å². The van der Waals surface area contributed by atoms with Crippen LogP contribution < -0.4 is 17.2 Å². The lowest BCUT2D eigenvalue weighted by Crippen LogP contribution is -2.73. The third-order valence-corrected chi connectivity index (χ3v) is 9.79. The predicted octanol–water partition coefficient (Wildman–Crippen LogP) is 0.937. The van der Waals surface area contributed by atoms with Crippen molar-refractivity contribution in [3.8, 4) is 0 Å². The third kappa shape index (κ3) is 3.90. The van der Waals surface area contributed by atoms with Crippen LogP contribution >= 0.6 is 0 Å². The Kier molecular flexibility index (Phi) is 7.02. The summed E-state index contributed by atoms with van der Waals surface area (Å²) in [7, 11) is -1.73. The molecule has 0 rings (SSSR count). The summed E-state index contributed by atoms with van der Waals surface area (Å²) in [6, 6.07) is 0. The van der Waals surface area contributed by atoms with Crippen LogP contribution in [0.4, 0.5) is 0 Å². The van der Waals surface area contributed by atoms with E-state index in [-0.39, 0.29) is 0 Å². The van der Waals surface area contributed by atoms with Gasteiger partial charge in [-0.15, -0.1) is 0 Å². The van der Waals surface area contributed by atoms with E-state index in [2.05, 4.69) is 13.2 Å². The van der Waals surface area contributed by atoms with Crippen molar-refractivity contribution in [2.45, 2.75) is 51.2 Å². The van der Waals surface area contributed by atoms with Crippen molar-refractivity contribution in [3.63, 3.8) is 0 Å². The van der Waals surface area contributed by atoms with E-state index in [1.165, 1.54) is 7.11 Å². The Morgan fingerprint density at radius 1 is 1.04 bits per heavy atom. The molecule has 0 heterocycles. The molecule has 0 aliphatic carbocycles. The van der Waals surface area contributed by atoms with Crippen LogP contribution in [0.1, 0.15) is 27.7 Å². The van der Waals surface area contributed by atoms with Gasteiger partial charge in [0.1, 0.15) is 5.79 Å². The highest BCUT2D eigenvalue weighted by Gasteiger charge is 2.61. The summed E-state index contributed by atoms with van der Waals surface area (Å²) in [4.78, 5) is 24.1. The molecule has 0 saturated carbocycles. The van der Waals surface area contributed by atoms with E-state index in [1.807, 2.05) is 13.8 Å². The van der Waals surface area contributed by atoms with Gasteiger partial charge in [-0.25, -0.2) is 0 Å². The zero-order valence-corrected chi connectivity index (χ0v) is 16.5. The summed E-state index contributed by atoms with van der Waals surface area (Å²) in [5.41, 5.74) is 17.0. The van der Waals surface area contributed by atoms with Gasteiger partial charge in [0.25, 0.3) is 0 Å². The molecule has 1 unspecified atom stereocenters. The van der Waals surface area contributed by atoms with Gasteiger partial charge in [-0.2, -0.15) is 0 Å². The topological polar surface area (TPSA) is 131 Å². The second-order valence-corrected chi connectivity index (χ2v) is 10.8. The molecule has 6 N–H and O–H groups in total. The maximum absolute atomic E-state index is 12.1. The maximum Gasteiger partial charge on any atom is 0.342 e. The molecule has 0 aromatic carbocycles. The Hall–Kier alpha value is -1.16. The van der Waals surface area contributed by atoms with Crippen LogP contribution in [-0.2, 0) is 18.4 Å². The number of rotatable bonds is 10. The summed E-state index contributed by atoms with van der Waals surface area (Å²) < 4.78 is 11.6. The van der Waals surface area contributed by atoms with Gasteiger partial charge in [0.15, 0.2) is 17.7 Å². The van der Waals surface area contributed by atoms with Gasteiger partial charge in [0, 0.05) is 17.6 Å². The average Bonchev–Trinajstić information content (AvgIpc) is 2.49. The lowest BCUT2D eigenvalue weighted by atomic mass is 9.74. The third-order valence-electron chi connectivity index (χ3n) is 5.43. The molecule has 8 heteroatoms. The Morgan fingerprint density at radius 3 is 1.67 bits per heavy atom. The lowest BCUT2D eigenvalue weighted by molar-refractivity contribution is -0.133. The first-order chi connectivity index (χ1) is 10.6. The summed E-state index contributed by atoms with van der Waals surface area (Å²) in [6.45, 7) is 15.8. The maximum atomic E-state index is 12.1. The van der Waals surface area contributed by atoms with E-state index in [0.29, 0.717) is 0 Å². The molecule has 0 aromatic heterocycles. The number of ketones is 2. The number of hydrogen-bond acceptors (Lipinski definition) is 7. The smallest absolute Gasteiger partial charge is 0.342 e. The molecule has 0 amide bonds. The Labute approximate surface area is 145 Å². The van der Waals surface area contributed by atoms with E-state index in [4.69, 9.17) is 26.1 Å². The Balaban J connectivity index is 6.08. The first-order valence-corrected chi connectivity index (χ1v) is 9.86. The first-order valence-electron chi connectivity index (χ1n) is 7.55. The average molecular weight is 358 g/mol. The summed E-state index contributed by atoms with van der Waals surface area (Å²) >= 11 is 0. The van der Waals surface area contributed by atoms with Crippen molar-refractivity contribution in [3.05, 3.63) is 25.3 Å². The molecule has 24 heavy (non-hydrogen) atoms. The highest BCUT2D eigenvalue weighted by atomic mass is 28.4. The fourth-order valence-corrected chi connectivity index (χ4v) is 5.19. The molecule has 0 bridgehead atoms. The van der Waals surface area contributed by atoms with Crippen molar-refractivity contribution in [2.24, 2.45) is 22.6 Å². The highest BCUT2D eigenvalue weighted by molar-refractivity contribution is 6.70. The number of carbonyl (C=O) groups excluding carboxylic acids is 2. The molecule has 0 aliphatic heterocycles. The van der Waals surface area contributed by atoms with Crippen LogP contribution in [0.25, 0.3) is 0 Å². The quantitative estimate of drug-likeness (QED) is 0.229. The Bertz CT molecular complexity index is 506. The van der Waals surface area contributed by atoms with Crippen molar-refractivity contribution in [2.75, 3.05) is 7.11 Å². The molecule has 138 valence electrons. The molecule has 0 fully saturated rings. The van der Waals surface area contributed by atoms with Crippen LogP contribution in [0, 0.1) is 5.41 Å². The second-order valence-electron chi connectivity index (χ2n) is 7.04. The highest BCUT2D eigenvalue weighted by Crippen LogP contribution is 2.55. The van der Waals surface area contributed by atoms with Gasteiger partial charge in [-0.3, -0.25) is 9.59 Å². The minimum Gasteiger partial charge on any atom is -0.397 e. The summed E-state index contributed by atoms with van der Waals surface area (Å²) in [5, 5.41) is -0.770. The van der Waals surface area contributed by atoms with Crippen molar-refractivity contribution >= 4 is 20.1 Å². The fraction of sp³-hybridized carbons (Fsp3) is 0.625. The number of hydrogen-bond donors (Lipinski definition) is 3. The van der Waals surface area contributed by atoms with Crippen LogP contribution in [-0.4, -0.2) is 39.1 Å². The largest absolute Gasteiger partial charge is 0.397 e. The lowest BCUT2D eigenvalue weighted by Gasteiger charge is -2.54. The molecule has 0 aliphatic rings. The molecule has 0 saturated heterocycles. The second kappa shape index (κ2) is 7.38. The molecule has 1 atom stereocenters. The molecular weight excluding hydrogens is 326 g/mol. The number of nitrogens with two attached hydrogens (primary N) is 3. The van der Waals surface area contributed by atoms with E-state index in [9.17, 15) is 9.59 Å². The van der Waals surface area contributed by atoms with Crippen LogP contribution in [0.5, 0.6) is 0 Å². The molecule has 0 aromatic rings. The van der Waals surface area contributed by atoms with E-state index in [1.54, 1.807) is 20.4 Å². The van der Waals surface area contributed by atoms with Crippen LogP contribution in [0.2, 0.25) is 11.6 Å². The molecule has 7 nitrogen and oxygen atoms in total. The van der Waals surface area contributed by atoms with E-state index in [0.717, 1.165) is 12.2 Å². The molecule has 0 spiro atoms. The van der Waals surface area contributed by atoms with Crippen molar-refractivity contribution in [1.82, 2.24) is 0 Å². The normalized spacial score (nSPS) is 15.8. The predicted molar refractivity (Wildman–Crippen MR) is 97.0 cm³/mol. The van der Waals surface area contributed by atoms with Gasteiger partial charge in [0.2, 0.25) is 0 Å². The monoisotopic (exact) mass is 357 g/mol. The zero-order valence-electron chi connectivity index (χ0n) is 15.5. The van der Waals surface area contributed by atoms with Gasteiger partial charge >= 0.3 is 8.56 Å². The molecular formula is C16H31N3O4Si. The van der Waals surface area contributed by atoms with E-state index >= 15 is 0 Å². The van der Waals surface area contributed by atoms with Crippen molar-refractivity contribution in [1.29, 1.82) is 0 Å².